The molecular formula is C14H14FN5O2. The summed E-state index contributed by atoms with van der Waals surface area (Å²) in [7, 11) is 3.17. The van der Waals surface area contributed by atoms with Gasteiger partial charge in [0.25, 0.3) is 0 Å². The van der Waals surface area contributed by atoms with Crippen LogP contribution in [0.4, 0.5) is 4.39 Å². The van der Waals surface area contributed by atoms with Crippen molar-refractivity contribution >= 4 is 11.2 Å². The molecule has 0 fully saturated rings. The van der Waals surface area contributed by atoms with Gasteiger partial charge in [-0.3, -0.25) is 0 Å². The average Bonchev–Trinajstić information content (AvgIpc) is 2.83. The lowest BCUT2D eigenvalue weighted by atomic mass is 10.1. The van der Waals surface area contributed by atoms with E-state index >= 15 is 0 Å². The smallest absolute Gasteiger partial charge is 0.310 e. The third-order valence-electron chi connectivity index (χ3n) is 3.31. The number of hydrogen-bond acceptors (Lipinski definition) is 6. The molecule has 0 aliphatic carbocycles. The number of nitrogens with two attached hydrogens (primary N) is 1. The lowest BCUT2D eigenvalue weighted by Crippen LogP contribution is -2.14. The van der Waals surface area contributed by atoms with Crippen molar-refractivity contribution in [1.29, 1.82) is 0 Å². The van der Waals surface area contributed by atoms with Crippen molar-refractivity contribution in [2.24, 2.45) is 0 Å². The zero-order chi connectivity index (χ0) is 15.7. The quantitative estimate of drug-likeness (QED) is 0.577. The fraction of sp³-hybridized carbons (Fsp3) is 0.214. The van der Waals surface area contributed by atoms with E-state index in [0.717, 1.165) is 5.56 Å². The molecule has 0 unspecified atom stereocenters. The van der Waals surface area contributed by atoms with Crippen LogP contribution in [0, 0.1) is 6.08 Å². The average molecular weight is 303 g/mol. The van der Waals surface area contributed by atoms with Gasteiger partial charge in [-0.05, 0) is 18.2 Å². The molecule has 0 radical (unpaired) electrons. The molecule has 22 heavy (non-hydrogen) atoms. The van der Waals surface area contributed by atoms with Crippen molar-refractivity contribution < 1.29 is 13.9 Å². The second kappa shape index (κ2) is 5.47. The number of nitrogens with zero attached hydrogens (tertiary/aromatic N) is 4. The summed E-state index contributed by atoms with van der Waals surface area (Å²) in [5, 5.41) is 0. The van der Waals surface area contributed by atoms with Crippen molar-refractivity contribution in [2.45, 2.75) is 6.42 Å². The van der Waals surface area contributed by atoms with Gasteiger partial charge in [0, 0.05) is 12.0 Å². The normalized spacial score (nSPS) is 10.9. The molecule has 0 amide bonds. The predicted octanol–water partition coefficient (Wildman–Crippen LogP) is 1.29. The highest BCUT2D eigenvalue weighted by atomic mass is 19.1. The first kappa shape index (κ1) is 14.1. The van der Waals surface area contributed by atoms with E-state index in [2.05, 4.69) is 15.0 Å². The maximum atomic E-state index is 13.1. The summed E-state index contributed by atoms with van der Waals surface area (Å²) in [5.74, 6) is 7.84. The van der Waals surface area contributed by atoms with Crippen LogP contribution in [-0.2, 0) is 6.42 Å². The molecule has 0 aliphatic rings. The lowest BCUT2D eigenvalue weighted by Gasteiger charge is -2.10. The van der Waals surface area contributed by atoms with Crippen LogP contribution in [0.1, 0.15) is 11.4 Å². The molecule has 3 rings (SSSR count). The van der Waals surface area contributed by atoms with Gasteiger partial charge in [0.2, 0.25) is 0 Å². The van der Waals surface area contributed by atoms with E-state index in [1.165, 1.54) is 10.9 Å². The zero-order valence-corrected chi connectivity index (χ0v) is 12.1. The van der Waals surface area contributed by atoms with E-state index in [9.17, 15) is 4.39 Å². The van der Waals surface area contributed by atoms with Gasteiger partial charge < -0.3 is 15.3 Å². The summed E-state index contributed by atoms with van der Waals surface area (Å²) in [6, 6.07) is 5.44. The van der Waals surface area contributed by atoms with E-state index in [-0.39, 0.29) is 5.65 Å². The Kier molecular flexibility index (Phi) is 3.50. The summed E-state index contributed by atoms with van der Waals surface area (Å²) >= 11 is 0. The monoisotopic (exact) mass is 303 g/mol. The first-order chi connectivity index (χ1) is 10.6. The van der Waals surface area contributed by atoms with E-state index in [4.69, 9.17) is 15.3 Å². The van der Waals surface area contributed by atoms with E-state index in [1.807, 2.05) is 6.07 Å². The summed E-state index contributed by atoms with van der Waals surface area (Å²) in [5.41, 5.74) is 1.52. The largest absolute Gasteiger partial charge is 0.497 e. The first-order valence-corrected chi connectivity index (χ1v) is 6.48. The van der Waals surface area contributed by atoms with Crippen molar-refractivity contribution in [1.82, 2.24) is 19.6 Å². The molecular weight excluding hydrogens is 289 g/mol. The summed E-state index contributed by atoms with van der Waals surface area (Å²) in [4.78, 5) is 11.5. The molecule has 114 valence electrons. The molecule has 2 heterocycles. The lowest BCUT2D eigenvalue weighted by molar-refractivity contribution is 0.399. The Labute approximate surface area is 125 Å². The number of rotatable bonds is 4. The Bertz CT molecular complexity index is 833. The number of hydrogen-bond donors (Lipinski definition) is 1. The van der Waals surface area contributed by atoms with Gasteiger partial charge in [-0.1, -0.05) is 0 Å². The second-order valence-electron chi connectivity index (χ2n) is 4.60. The highest BCUT2D eigenvalue weighted by Crippen LogP contribution is 2.26. The molecule has 2 N–H and O–H groups in total. The van der Waals surface area contributed by atoms with Crippen molar-refractivity contribution in [2.75, 3.05) is 20.1 Å². The number of halogens is 1. The molecule has 8 heteroatoms. The molecule has 1 aromatic carbocycles. The minimum absolute atomic E-state index is 0.240. The van der Waals surface area contributed by atoms with Crippen LogP contribution < -0.4 is 15.3 Å². The molecule has 0 bridgehead atoms. The summed E-state index contributed by atoms with van der Waals surface area (Å²) in [6.45, 7) is 0. The summed E-state index contributed by atoms with van der Waals surface area (Å²) in [6.07, 6.45) is 0.840. The summed E-state index contributed by atoms with van der Waals surface area (Å²) < 4.78 is 24.9. The number of imidazole rings is 1. The predicted molar refractivity (Wildman–Crippen MR) is 77.8 cm³/mol. The topological polar surface area (TPSA) is 88.1 Å². The van der Waals surface area contributed by atoms with Gasteiger partial charge in [0.05, 0.1) is 20.4 Å². The number of methoxy groups -OCH3 is 2. The highest BCUT2D eigenvalue weighted by molar-refractivity contribution is 5.70. The van der Waals surface area contributed by atoms with E-state index in [0.29, 0.717) is 29.3 Å². The second-order valence-corrected chi connectivity index (χ2v) is 4.60. The van der Waals surface area contributed by atoms with Gasteiger partial charge in [-0.2, -0.15) is 9.37 Å². The number of benzene rings is 1. The van der Waals surface area contributed by atoms with Gasteiger partial charge >= 0.3 is 6.08 Å². The fourth-order valence-corrected chi connectivity index (χ4v) is 2.23. The van der Waals surface area contributed by atoms with Crippen molar-refractivity contribution in [3.05, 3.63) is 41.9 Å². The van der Waals surface area contributed by atoms with Gasteiger partial charge in [-0.15, -0.1) is 0 Å². The molecule has 7 nitrogen and oxygen atoms in total. The number of fused-ring (bicyclic) bond motifs is 1. The Morgan fingerprint density at radius 3 is 2.77 bits per heavy atom. The third kappa shape index (κ3) is 2.39. The molecule has 3 aromatic rings. The van der Waals surface area contributed by atoms with Crippen LogP contribution in [0.15, 0.2) is 24.4 Å². The van der Waals surface area contributed by atoms with Crippen LogP contribution >= 0.6 is 0 Å². The molecule has 0 aliphatic heterocycles. The standard InChI is InChI=1S/C14H14FN5O2/c1-21-9-3-4-11(22-2)8(5-9)6-12-18-10-7-17-14(15)19-13(10)20(12)16/h3-5,7H,6,16H2,1-2H3. The number of ether oxygens (including phenoxy) is 2. The number of aromatic nitrogens is 4. The van der Waals surface area contributed by atoms with Crippen LogP contribution in [0.3, 0.4) is 0 Å². The molecule has 0 spiro atoms. The van der Waals surface area contributed by atoms with Gasteiger partial charge in [0.1, 0.15) is 22.8 Å². The molecule has 0 saturated heterocycles. The third-order valence-corrected chi connectivity index (χ3v) is 3.31. The van der Waals surface area contributed by atoms with Crippen molar-refractivity contribution in [3.63, 3.8) is 0 Å². The minimum Gasteiger partial charge on any atom is -0.497 e. The fourth-order valence-electron chi connectivity index (χ4n) is 2.23. The van der Waals surface area contributed by atoms with Crippen LogP contribution in [0.2, 0.25) is 0 Å². The number of nitrogen functional groups attached to an aromatic ring is 1. The van der Waals surface area contributed by atoms with E-state index in [1.54, 1.807) is 26.4 Å². The Morgan fingerprint density at radius 1 is 1.23 bits per heavy atom. The van der Waals surface area contributed by atoms with Crippen LogP contribution in [-0.4, -0.2) is 33.8 Å². The Morgan fingerprint density at radius 2 is 2.05 bits per heavy atom. The Balaban J connectivity index is 2.04. The van der Waals surface area contributed by atoms with Gasteiger partial charge in [0.15, 0.2) is 5.65 Å². The zero-order valence-electron chi connectivity index (χ0n) is 12.1. The minimum atomic E-state index is -0.843. The maximum Gasteiger partial charge on any atom is 0.310 e. The highest BCUT2D eigenvalue weighted by Gasteiger charge is 2.14. The maximum absolute atomic E-state index is 13.1. The first-order valence-electron chi connectivity index (χ1n) is 6.48. The molecule has 2 aromatic heterocycles. The van der Waals surface area contributed by atoms with Crippen LogP contribution in [0.25, 0.3) is 11.2 Å². The SMILES string of the molecule is COc1ccc(OC)c(Cc2nc3cnc(F)nc3n2N)c1. The molecule has 0 atom stereocenters. The Hall–Kier alpha value is -2.90. The van der Waals surface area contributed by atoms with Gasteiger partial charge in [-0.25, -0.2) is 14.6 Å². The van der Waals surface area contributed by atoms with Crippen molar-refractivity contribution in [3.8, 4) is 11.5 Å². The van der Waals surface area contributed by atoms with Crippen LogP contribution in [0.5, 0.6) is 11.5 Å². The van der Waals surface area contributed by atoms with E-state index < -0.39 is 6.08 Å². The molecule has 0 saturated carbocycles.